The summed E-state index contributed by atoms with van der Waals surface area (Å²) in [6.07, 6.45) is 6.27. The predicted octanol–water partition coefficient (Wildman–Crippen LogP) is 2.70. The number of esters is 2. The lowest BCUT2D eigenvalue weighted by atomic mass is 9.57. The molecule has 6 fully saturated rings. The van der Waals surface area contributed by atoms with E-state index < -0.39 is 0 Å². The Hall–Kier alpha value is -1.14. The normalized spacial score (nSPS) is 57.1. The van der Waals surface area contributed by atoms with Crippen molar-refractivity contribution in [2.24, 2.45) is 35.5 Å². The highest BCUT2D eigenvalue weighted by molar-refractivity contribution is 5.75. The van der Waals surface area contributed by atoms with Crippen LogP contribution in [0.25, 0.3) is 0 Å². The van der Waals surface area contributed by atoms with Crippen molar-refractivity contribution in [2.45, 2.75) is 89.5 Å². The standard InChI is InChI=1S/C22H31NO5/c1-4-12-13-6-5-7-17-23-15(16-8-10(2)20(24)26-16)9-14(22(13,23)28-17)18-11(3)21(25)27-19(12)18/h10-19H,4-9H2,1-3H3/t10-,11+,12+,13+,14+,15-,16-,17-,18+,19-,22-/m1/s1. The third-order valence-corrected chi connectivity index (χ3v) is 9.06. The summed E-state index contributed by atoms with van der Waals surface area (Å²) in [6.45, 7) is 6.24. The highest BCUT2D eigenvalue weighted by atomic mass is 16.6. The van der Waals surface area contributed by atoms with Gasteiger partial charge in [-0.2, -0.15) is 0 Å². The average Bonchev–Trinajstić information content (AvgIpc) is 3.10. The SMILES string of the molecule is CC[C@@H]1[C@H]2OC(=O)[C@@H](C)[C@H]2[C@@H]2C[C@H]([C@H]3C[C@@H](C)C(=O)O3)N3[C@H]4CCC[C@@H]1[C@@]23O4. The van der Waals surface area contributed by atoms with Gasteiger partial charge in [-0.3, -0.25) is 9.59 Å². The fourth-order valence-corrected chi connectivity index (χ4v) is 8.01. The van der Waals surface area contributed by atoms with Gasteiger partial charge in [-0.15, -0.1) is 0 Å². The Morgan fingerprint density at radius 1 is 1.07 bits per heavy atom. The largest absolute Gasteiger partial charge is 0.462 e. The highest BCUT2D eigenvalue weighted by Gasteiger charge is 2.77. The fourth-order valence-electron chi connectivity index (χ4n) is 8.01. The molecular weight excluding hydrogens is 358 g/mol. The zero-order valence-electron chi connectivity index (χ0n) is 17.0. The van der Waals surface area contributed by atoms with Crippen LogP contribution in [0.5, 0.6) is 0 Å². The summed E-state index contributed by atoms with van der Waals surface area (Å²) in [6, 6.07) is 0.220. The molecule has 0 aromatic rings. The van der Waals surface area contributed by atoms with Crippen molar-refractivity contribution in [1.29, 1.82) is 0 Å². The third-order valence-electron chi connectivity index (χ3n) is 9.06. The zero-order valence-corrected chi connectivity index (χ0v) is 17.0. The predicted molar refractivity (Wildman–Crippen MR) is 98.7 cm³/mol. The van der Waals surface area contributed by atoms with E-state index in [2.05, 4.69) is 11.8 Å². The summed E-state index contributed by atoms with van der Waals surface area (Å²) in [5.41, 5.74) is -0.270. The van der Waals surface area contributed by atoms with E-state index in [0.717, 1.165) is 38.5 Å². The second-order valence-electron chi connectivity index (χ2n) is 10.1. The molecule has 0 aromatic heterocycles. The Labute approximate surface area is 166 Å². The summed E-state index contributed by atoms with van der Waals surface area (Å²) in [5.74, 6) is 1.09. The van der Waals surface area contributed by atoms with Gasteiger partial charge in [-0.25, -0.2) is 4.90 Å². The van der Waals surface area contributed by atoms with Crippen LogP contribution in [0, 0.1) is 35.5 Å². The molecule has 6 rings (SSSR count). The Kier molecular flexibility index (Phi) is 3.61. The van der Waals surface area contributed by atoms with Crippen LogP contribution in [0.15, 0.2) is 0 Å². The van der Waals surface area contributed by atoms with Gasteiger partial charge < -0.3 is 14.2 Å². The second-order valence-corrected chi connectivity index (χ2v) is 10.1. The molecule has 0 unspecified atom stereocenters. The van der Waals surface area contributed by atoms with Crippen LogP contribution in [0.3, 0.4) is 0 Å². The van der Waals surface area contributed by atoms with Crippen LogP contribution >= 0.6 is 0 Å². The lowest BCUT2D eigenvalue weighted by Crippen LogP contribution is -2.76. The van der Waals surface area contributed by atoms with Crippen LogP contribution in [0.1, 0.15) is 59.3 Å². The molecule has 6 aliphatic rings. The summed E-state index contributed by atoms with van der Waals surface area (Å²) < 4.78 is 18.6. The number of cyclic esters (lactones) is 1. The molecule has 5 heterocycles. The molecule has 11 atom stereocenters. The molecule has 0 N–H and O–H groups in total. The second kappa shape index (κ2) is 5.72. The maximum Gasteiger partial charge on any atom is 0.309 e. The van der Waals surface area contributed by atoms with Gasteiger partial charge >= 0.3 is 11.9 Å². The molecule has 28 heavy (non-hydrogen) atoms. The lowest BCUT2D eigenvalue weighted by Gasteiger charge is -2.64. The van der Waals surface area contributed by atoms with E-state index in [1.165, 1.54) is 0 Å². The number of ether oxygens (including phenoxy) is 3. The molecule has 0 aromatic carbocycles. The van der Waals surface area contributed by atoms with E-state index in [-0.39, 0.29) is 59.9 Å². The molecule has 1 saturated carbocycles. The number of fused-ring (bicyclic) bond motifs is 2. The number of hydrogen-bond donors (Lipinski definition) is 0. The van der Waals surface area contributed by atoms with Gasteiger partial charge in [-0.05, 0) is 38.5 Å². The van der Waals surface area contributed by atoms with E-state index in [4.69, 9.17) is 14.2 Å². The number of nitrogens with zero attached hydrogens (tertiary/aromatic N) is 1. The molecule has 2 bridgehead atoms. The Morgan fingerprint density at radius 3 is 2.61 bits per heavy atom. The minimum absolute atomic E-state index is 0.0170. The molecule has 1 aliphatic carbocycles. The van der Waals surface area contributed by atoms with E-state index in [1.807, 2.05) is 13.8 Å². The minimum atomic E-state index is -0.270. The van der Waals surface area contributed by atoms with Crippen LogP contribution in [0.4, 0.5) is 0 Å². The zero-order chi connectivity index (χ0) is 19.4. The molecule has 154 valence electrons. The molecule has 0 amide bonds. The van der Waals surface area contributed by atoms with Crippen LogP contribution in [0.2, 0.25) is 0 Å². The first-order valence-corrected chi connectivity index (χ1v) is 11.3. The van der Waals surface area contributed by atoms with Crippen LogP contribution in [-0.4, -0.2) is 47.0 Å². The summed E-state index contributed by atoms with van der Waals surface area (Å²) in [7, 11) is 0. The maximum atomic E-state index is 12.5. The molecule has 6 nitrogen and oxygen atoms in total. The number of hydrogen-bond acceptors (Lipinski definition) is 6. The average molecular weight is 389 g/mol. The molecule has 0 radical (unpaired) electrons. The lowest BCUT2D eigenvalue weighted by molar-refractivity contribution is -0.400. The Bertz CT molecular complexity index is 726. The van der Waals surface area contributed by atoms with Crippen LogP contribution in [-0.2, 0) is 23.8 Å². The molecule has 5 saturated heterocycles. The summed E-state index contributed by atoms with van der Waals surface area (Å²) in [4.78, 5) is 27.3. The number of carbonyl (C=O) groups is 2. The summed E-state index contributed by atoms with van der Waals surface area (Å²) in [5, 5.41) is 0. The topological polar surface area (TPSA) is 65.1 Å². The van der Waals surface area contributed by atoms with Crippen molar-refractivity contribution in [2.75, 3.05) is 0 Å². The van der Waals surface area contributed by atoms with Crippen molar-refractivity contribution in [1.82, 2.24) is 4.90 Å². The third kappa shape index (κ3) is 1.92. The van der Waals surface area contributed by atoms with Gasteiger partial charge in [0.25, 0.3) is 0 Å². The van der Waals surface area contributed by atoms with Crippen molar-refractivity contribution in [3.05, 3.63) is 0 Å². The smallest absolute Gasteiger partial charge is 0.309 e. The number of carbonyl (C=O) groups excluding carboxylic acids is 2. The van der Waals surface area contributed by atoms with Gasteiger partial charge in [0.05, 0.1) is 17.9 Å². The molecular formula is C22H31NO5. The number of rotatable bonds is 2. The van der Waals surface area contributed by atoms with E-state index in [9.17, 15) is 9.59 Å². The van der Waals surface area contributed by atoms with Crippen molar-refractivity contribution < 1.29 is 23.8 Å². The first-order valence-electron chi connectivity index (χ1n) is 11.3. The van der Waals surface area contributed by atoms with Gasteiger partial charge in [-0.1, -0.05) is 20.8 Å². The van der Waals surface area contributed by atoms with Crippen LogP contribution < -0.4 is 0 Å². The van der Waals surface area contributed by atoms with Gasteiger partial charge in [0.15, 0.2) is 0 Å². The van der Waals surface area contributed by atoms with Crippen molar-refractivity contribution in [3.8, 4) is 0 Å². The van der Waals surface area contributed by atoms with Gasteiger partial charge in [0, 0.05) is 23.7 Å². The maximum absolute atomic E-state index is 12.5. The highest BCUT2D eigenvalue weighted by Crippen LogP contribution is 2.68. The first-order chi connectivity index (χ1) is 13.5. The molecule has 5 aliphatic heterocycles. The first kappa shape index (κ1) is 17.7. The monoisotopic (exact) mass is 389 g/mol. The quantitative estimate of drug-likeness (QED) is 0.677. The van der Waals surface area contributed by atoms with E-state index in [0.29, 0.717) is 17.8 Å². The van der Waals surface area contributed by atoms with Gasteiger partial charge in [0.2, 0.25) is 0 Å². The van der Waals surface area contributed by atoms with Crippen molar-refractivity contribution in [3.63, 3.8) is 0 Å². The minimum Gasteiger partial charge on any atom is -0.462 e. The Balaban J connectivity index is 1.43. The summed E-state index contributed by atoms with van der Waals surface area (Å²) >= 11 is 0. The van der Waals surface area contributed by atoms with E-state index in [1.54, 1.807) is 0 Å². The fraction of sp³-hybridized carbons (Fsp3) is 0.909. The molecule has 1 spiro atoms. The molecule has 6 heteroatoms. The van der Waals surface area contributed by atoms with Crippen molar-refractivity contribution >= 4 is 11.9 Å². The van der Waals surface area contributed by atoms with E-state index >= 15 is 0 Å². The van der Waals surface area contributed by atoms with Gasteiger partial charge in [0.1, 0.15) is 24.2 Å². The Morgan fingerprint density at radius 2 is 1.89 bits per heavy atom.